The number of fused-ring (bicyclic) bond motifs is 1. The lowest BCUT2D eigenvalue weighted by Crippen LogP contribution is -2.24. The van der Waals surface area contributed by atoms with E-state index < -0.39 is 0 Å². The molecule has 1 saturated carbocycles. The minimum absolute atomic E-state index is 0.598. The summed E-state index contributed by atoms with van der Waals surface area (Å²) < 4.78 is 2.12. The number of benzene rings is 1. The second-order valence-corrected chi connectivity index (χ2v) is 6.02. The largest absolute Gasteiger partial charge is 0.330 e. The number of nitrogens with zero attached hydrogens (tertiary/aromatic N) is 2. The summed E-state index contributed by atoms with van der Waals surface area (Å²) in [4.78, 5) is 0. The van der Waals surface area contributed by atoms with Gasteiger partial charge in [0.15, 0.2) is 0 Å². The first-order valence-corrected chi connectivity index (χ1v) is 7.98. The van der Waals surface area contributed by atoms with Gasteiger partial charge in [-0.05, 0) is 37.8 Å². The standard InChI is InChI=1S/C17H25N3/c1-2-20-17-10-6-5-9-15(17)16(19-20)11-14(12-18)13-7-3-4-8-13/h5-6,9-10,13-14H,2-4,7-8,11-12,18H2,1H3. The Morgan fingerprint density at radius 1 is 1.30 bits per heavy atom. The van der Waals surface area contributed by atoms with Gasteiger partial charge in [0, 0.05) is 11.9 Å². The molecule has 0 saturated heterocycles. The zero-order valence-corrected chi connectivity index (χ0v) is 12.4. The number of para-hydroxylation sites is 1. The van der Waals surface area contributed by atoms with Crippen molar-refractivity contribution in [3.8, 4) is 0 Å². The van der Waals surface area contributed by atoms with Crippen LogP contribution in [0.2, 0.25) is 0 Å². The molecule has 3 nitrogen and oxygen atoms in total. The van der Waals surface area contributed by atoms with Crippen molar-refractivity contribution in [2.45, 2.75) is 45.6 Å². The number of rotatable bonds is 5. The molecule has 2 aromatic rings. The first-order chi connectivity index (χ1) is 9.83. The fraction of sp³-hybridized carbons (Fsp3) is 0.588. The van der Waals surface area contributed by atoms with Crippen molar-refractivity contribution >= 4 is 10.9 Å². The van der Waals surface area contributed by atoms with Crippen LogP contribution in [0, 0.1) is 11.8 Å². The molecule has 0 radical (unpaired) electrons. The second-order valence-electron chi connectivity index (χ2n) is 6.02. The Morgan fingerprint density at radius 2 is 2.05 bits per heavy atom. The van der Waals surface area contributed by atoms with E-state index in [0.29, 0.717) is 5.92 Å². The third-order valence-corrected chi connectivity index (χ3v) is 4.86. The Labute approximate surface area is 121 Å². The van der Waals surface area contributed by atoms with Crippen LogP contribution in [0.4, 0.5) is 0 Å². The predicted octanol–water partition coefficient (Wildman–Crippen LogP) is 3.36. The van der Waals surface area contributed by atoms with E-state index in [1.807, 2.05) is 0 Å². The van der Waals surface area contributed by atoms with Crippen LogP contribution in [-0.2, 0) is 13.0 Å². The Balaban J connectivity index is 1.89. The van der Waals surface area contributed by atoms with Gasteiger partial charge in [-0.1, -0.05) is 43.9 Å². The summed E-state index contributed by atoms with van der Waals surface area (Å²) in [5.74, 6) is 1.41. The van der Waals surface area contributed by atoms with Crippen LogP contribution < -0.4 is 5.73 Å². The Kier molecular flexibility index (Phi) is 4.06. The van der Waals surface area contributed by atoms with Gasteiger partial charge in [-0.3, -0.25) is 4.68 Å². The fourth-order valence-corrected chi connectivity index (χ4v) is 3.71. The smallest absolute Gasteiger partial charge is 0.0706 e. The van der Waals surface area contributed by atoms with E-state index in [4.69, 9.17) is 10.8 Å². The molecule has 1 aliphatic rings. The highest BCUT2D eigenvalue weighted by atomic mass is 15.3. The molecular formula is C17H25N3. The number of aryl methyl sites for hydroxylation is 1. The third kappa shape index (κ3) is 2.47. The molecule has 2 N–H and O–H groups in total. The van der Waals surface area contributed by atoms with E-state index in [1.165, 1.54) is 42.3 Å². The molecule has 3 rings (SSSR count). The van der Waals surface area contributed by atoms with Gasteiger partial charge in [0.25, 0.3) is 0 Å². The van der Waals surface area contributed by atoms with E-state index in [9.17, 15) is 0 Å². The molecule has 3 heteroatoms. The predicted molar refractivity (Wildman–Crippen MR) is 83.6 cm³/mol. The SMILES string of the molecule is CCn1nc(CC(CN)C2CCCC2)c2ccccc21. The van der Waals surface area contributed by atoms with Crippen LogP contribution >= 0.6 is 0 Å². The summed E-state index contributed by atoms with van der Waals surface area (Å²) in [7, 11) is 0. The summed E-state index contributed by atoms with van der Waals surface area (Å²) in [5, 5.41) is 6.14. The molecule has 1 unspecified atom stereocenters. The molecule has 1 atom stereocenters. The fourth-order valence-electron chi connectivity index (χ4n) is 3.71. The van der Waals surface area contributed by atoms with Crippen molar-refractivity contribution in [2.24, 2.45) is 17.6 Å². The van der Waals surface area contributed by atoms with Crippen molar-refractivity contribution in [2.75, 3.05) is 6.54 Å². The van der Waals surface area contributed by atoms with Gasteiger partial charge in [-0.25, -0.2) is 0 Å². The molecule has 20 heavy (non-hydrogen) atoms. The van der Waals surface area contributed by atoms with Gasteiger partial charge >= 0.3 is 0 Å². The average Bonchev–Trinajstić information content (AvgIpc) is 3.13. The van der Waals surface area contributed by atoms with Crippen molar-refractivity contribution in [1.82, 2.24) is 9.78 Å². The van der Waals surface area contributed by atoms with Gasteiger partial charge in [0.05, 0.1) is 11.2 Å². The van der Waals surface area contributed by atoms with Gasteiger partial charge in [-0.15, -0.1) is 0 Å². The van der Waals surface area contributed by atoms with Crippen molar-refractivity contribution in [3.05, 3.63) is 30.0 Å². The quantitative estimate of drug-likeness (QED) is 0.906. The van der Waals surface area contributed by atoms with Gasteiger partial charge < -0.3 is 5.73 Å². The first-order valence-electron chi connectivity index (χ1n) is 7.98. The minimum Gasteiger partial charge on any atom is -0.330 e. The lowest BCUT2D eigenvalue weighted by Gasteiger charge is -2.20. The highest BCUT2D eigenvalue weighted by molar-refractivity contribution is 5.81. The number of hydrogen-bond acceptors (Lipinski definition) is 2. The second kappa shape index (κ2) is 5.96. The van der Waals surface area contributed by atoms with E-state index in [1.54, 1.807) is 0 Å². The highest BCUT2D eigenvalue weighted by Gasteiger charge is 2.25. The molecule has 1 heterocycles. The van der Waals surface area contributed by atoms with Gasteiger partial charge in [0.1, 0.15) is 0 Å². The van der Waals surface area contributed by atoms with Gasteiger partial charge in [-0.2, -0.15) is 5.10 Å². The van der Waals surface area contributed by atoms with E-state index >= 15 is 0 Å². The monoisotopic (exact) mass is 271 g/mol. The average molecular weight is 271 g/mol. The molecule has 1 fully saturated rings. The summed E-state index contributed by atoms with van der Waals surface area (Å²) in [6, 6.07) is 8.58. The van der Waals surface area contributed by atoms with E-state index in [0.717, 1.165) is 25.4 Å². The lowest BCUT2D eigenvalue weighted by molar-refractivity contribution is 0.342. The number of nitrogens with two attached hydrogens (primary N) is 1. The third-order valence-electron chi connectivity index (χ3n) is 4.86. The molecule has 108 valence electrons. The van der Waals surface area contributed by atoms with Crippen LogP contribution in [-0.4, -0.2) is 16.3 Å². The summed E-state index contributed by atoms with van der Waals surface area (Å²) in [5.41, 5.74) is 8.55. The molecule has 0 bridgehead atoms. The molecule has 1 aromatic heterocycles. The summed E-state index contributed by atoms with van der Waals surface area (Å²) >= 11 is 0. The Bertz CT molecular complexity index is 567. The molecule has 0 aliphatic heterocycles. The van der Waals surface area contributed by atoms with Crippen LogP contribution in [0.25, 0.3) is 10.9 Å². The van der Waals surface area contributed by atoms with E-state index in [2.05, 4.69) is 35.9 Å². The van der Waals surface area contributed by atoms with Gasteiger partial charge in [0.2, 0.25) is 0 Å². The van der Waals surface area contributed by atoms with Crippen molar-refractivity contribution in [3.63, 3.8) is 0 Å². The van der Waals surface area contributed by atoms with Crippen LogP contribution in [0.1, 0.15) is 38.3 Å². The molecule has 0 amide bonds. The van der Waals surface area contributed by atoms with Crippen LogP contribution in [0.5, 0.6) is 0 Å². The van der Waals surface area contributed by atoms with Crippen molar-refractivity contribution < 1.29 is 0 Å². The molecule has 1 aromatic carbocycles. The number of aromatic nitrogens is 2. The zero-order valence-electron chi connectivity index (χ0n) is 12.4. The van der Waals surface area contributed by atoms with E-state index in [-0.39, 0.29) is 0 Å². The van der Waals surface area contributed by atoms with Crippen LogP contribution in [0.15, 0.2) is 24.3 Å². The summed E-state index contributed by atoms with van der Waals surface area (Å²) in [6.07, 6.45) is 6.51. The Hall–Kier alpha value is -1.35. The number of hydrogen-bond donors (Lipinski definition) is 1. The minimum atomic E-state index is 0.598. The maximum Gasteiger partial charge on any atom is 0.0706 e. The molecule has 0 spiro atoms. The summed E-state index contributed by atoms with van der Waals surface area (Å²) in [6.45, 7) is 3.87. The van der Waals surface area contributed by atoms with Crippen molar-refractivity contribution in [1.29, 1.82) is 0 Å². The zero-order chi connectivity index (χ0) is 13.9. The molecule has 1 aliphatic carbocycles. The highest BCUT2D eigenvalue weighted by Crippen LogP contribution is 2.33. The maximum atomic E-state index is 6.05. The topological polar surface area (TPSA) is 43.8 Å². The normalized spacial score (nSPS) is 17.9. The lowest BCUT2D eigenvalue weighted by atomic mass is 9.86. The van der Waals surface area contributed by atoms with Crippen LogP contribution in [0.3, 0.4) is 0 Å². The molecular weight excluding hydrogens is 246 g/mol. The first kappa shape index (κ1) is 13.6. The Morgan fingerprint density at radius 3 is 2.75 bits per heavy atom. The maximum absolute atomic E-state index is 6.05.